The molecular formula is C10H10BrN3O2S. The molecule has 0 aliphatic heterocycles. The molecule has 0 amide bonds. The molecule has 0 fully saturated rings. The molecule has 0 radical (unpaired) electrons. The summed E-state index contributed by atoms with van der Waals surface area (Å²) < 4.78 is 27.2. The number of H-pyrrole nitrogens is 1. The van der Waals surface area contributed by atoms with E-state index in [9.17, 15) is 8.42 Å². The molecule has 7 heteroatoms. The number of aromatic amines is 1. The summed E-state index contributed by atoms with van der Waals surface area (Å²) in [6.07, 6.45) is 2.59. The molecule has 1 aromatic carbocycles. The third-order valence-electron chi connectivity index (χ3n) is 2.23. The van der Waals surface area contributed by atoms with Crippen molar-refractivity contribution in [3.8, 4) is 0 Å². The molecule has 1 heterocycles. The standard InChI is InChI=1S/C10H10BrN3O2S/c1-7-2-3-8(11)4-10(7)14-17(15,16)9-5-12-13-6-9/h2-6,14H,1H3,(H,12,13). The fourth-order valence-electron chi connectivity index (χ4n) is 1.29. The second-order valence-electron chi connectivity index (χ2n) is 3.50. The Morgan fingerprint density at radius 3 is 2.82 bits per heavy atom. The largest absolute Gasteiger partial charge is 0.284 e. The number of halogens is 1. The number of sulfonamides is 1. The Morgan fingerprint density at radius 1 is 1.41 bits per heavy atom. The Balaban J connectivity index is 2.36. The van der Waals surface area contributed by atoms with Crippen molar-refractivity contribution in [3.63, 3.8) is 0 Å². The number of aryl methyl sites for hydroxylation is 1. The van der Waals surface area contributed by atoms with Crippen LogP contribution in [0.5, 0.6) is 0 Å². The molecule has 0 spiro atoms. The van der Waals surface area contributed by atoms with Crippen molar-refractivity contribution >= 4 is 31.6 Å². The quantitative estimate of drug-likeness (QED) is 0.912. The molecule has 0 aliphatic carbocycles. The van der Waals surface area contributed by atoms with Crippen LogP contribution in [0, 0.1) is 6.92 Å². The average molecular weight is 316 g/mol. The maximum atomic E-state index is 11.9. The first-order valence-corrected chi connectivity index (χ1v) is 7.04. The van der Waals surface area contributed by atoms with Crippen molar-refractivity contribution in [1.29, 1.82) is 0 Å². The molecule has 0 saturated heterocycles. The predicted molar refractivity (Wildman–Crippen MR) is 68.3 cm³/mol. The van der Waals surface area contributed by atoms with Crippen LogP contribution in [0.25, 0.3) is 0 Å². The second-order valence-corrected chi connectivity index (χ2v) is 6.10. The summed E-state index contributed by atoms with van der Waals surface area (Å²) in [4.78, 5) is 0.108. The van der Waals surface area contributed by atoms with Gasteiger partial charge in [0.15, 0.2) is 0 Å². The lowest BCUT2D eigenvalue weighted by molar-refractivity contribution is 0.601. The number of nitrogens with one attached hydrogen (secondary N) is 2. The van der Waals surface area contributed by atoms with E-state index >= 15 is 0 Å². The highest BCUT2D eigenvalue weighted by Gasteiger charge is 2.16. The molecule has 5 nitrogen and oxygen atoms in total. The Morgan fingerprint density at radius 2 is 2.18 bits per heavy atom. The number of benzene rings is 1. The van der Waals surface area contributed by atoms with Gasteiger partial charge in [-0.2, -0.15) is 5.10 Å². The highest BCUT2D eigenvalue weighted by molar-refractivity contribution is 9.10. The van der Waals surface area contributed by atoms with Crippen LogP contribution in [0.3, 0.4) is 0 Å². The molecule has 90 valence electrons. The minimum atomic E-state index is -3.57. The van der Waals surface area contributed by atoms with Gasteiger partial charge in [-0.15, -0.1) is 0 Å². The zero-order chi connectivity index (χ0) is 12.5. The van der Waals surface area contributed by atoms with E-state index in [4.69, 9.17) is 0 Å². The zero-order valence-electron chi connectivity index (χ0n) is 8.94. The van der Waals surface area contributed by atoms with Crippen LogP contribution in [0.1, 0.15) is 5.56 Å². The maximum absolute atomic E-state index is 11.9. The van der Waals surface area contributed by atoms with Crippen LogP contribution in [-0.2, 0) is 10.0 Å². The third-order valence-corrected chi connectivity index (χ3v) is 4.05. The monoisotopic (exact) mass is 315 g/mol. The Hall–Kier alpha value is -1.34. The average Bonchev–Trinajstić information content (AvgIpc) is 2.77. The van der Waals surface area contributed by atoms with Crippen molar-refractivity contribution in [2.75, 3.05) is 4.72 Å². The molecule has 0 bridgehead atoms. The van der Waals surface area contributed by atoms with E-state index < -0.39 is 10.0 Å². The van der Waals surface area contributed by atoms with Gasteiger partial charge in [0.25, 0.3) is 10.0 Å². The van der Waals surface area contributed by atoms with Crippen molar-refractivity contribution in [3.05, 3.63) is 40.6 Å². The molecule has 0 atom stereocenters. The predicted octanol–water partition coefficient (Wildman–Crippen LogP) is 2.28. The molecule has 2 rings (SSSR count). The van der Waals surface area contributed by atoms with Crippen LogP contribution in [0.2, 0.25) is 0 Å². The molecule has 17 heavy (non-hydrogen) atoms. The number of hydrogen-bond donors (Lipinski definition) is 2. The van der Waals surface area contributed by atoms with E-state index in [1.165, 1.54) is 12.4 Å². The topological polar surface area (TPSA) is 74.8 Å². The number of rotatable bonds is 3. The van der Waals surface area contributed by atoms with Gasteiger partial charge in [-0.25, -0.2) is 8.42 Å². The Kier molecular flexibility index (Phi) is 3.21. The summed E-state index contributed by atoms with van der Waals surface area (Å²) in [5, 5.41) is 6.09. The zero-order valence-corrected chi connectivity index (χ0v) is 11.3. The Labute approximate surface area is 107 Å². The van der Waals surface area contributed by atoms with Crippen LogP contribution in [-0.4, -0.2) is 18.6 Å². The fourth-order valence-corrected chi connectivity index (χ4v) is 2.68. The lowest BCUT2D eigenvalue weighted by Crippen LogP contribution is -2.13. The summed E-state index contributed by atoms with van der Waals surface area (Å²) in [6, 6.07) is 5.40. The van der Waals surface area contributed by atoms with E-state index in [2.05, 4.69) is 30.8 Å². The van der Waals surface area contributed by atoms with Crippen LogP contribution in [0.4, 0.5) is 5.69 Å². The second kappa shape index (κ2) is 4.50. The first-order valence-electron chi connectivity index (χ1n) is 4.77. The number of aromatic nitrogens is 2. The fraction of sp³-hybridized carbons (Fsp3) is 0.100. The smallest absolute Gasteiger partial charge is 0.265 e. The molecule has 1 aromatic heterocycles. The lowest BCUT2D eigenvalue weighted by Gasteiger charge is -2.09. The SMILES string of the molecule is Cc1ccc(Br)cc1NS(=O)(=O)c1cn[nH]c1. The summed E-state index contributed by atoms with van der Waals surface area (Å²) in [7, 11) is -3.57. The lowest BCUT2D eigenvalue weighted by atomic mass is 10.2. The normalized spacial score (nSPS) is 11.4. The highest BCUT2D eigenvalue weighted by atomic mass is 79.9. The van der Waals surface area contributed by atoms with E-state index in [1.807, 2.05) is 19.1 Å². The van der Waals surface area contributed by atoms with E-state index in [1.54, 1.807) is 6.07 Å². The van der Waals surface area contributed by atoms with Crippen molar-refractivity contribution in [2.45, 2.75) is 11.8 Å². The van der Waals surface area contributed by atoms with Gasteiger partial charge in [0.1, 0.15) is 4.90 Å². The van der Waals surface area contributed by atoms with Crippen molar-refractivity contribution < 1.29 is 8.42 Å². The van der Waals surface area contributed by atoms with Gasteiger partial charge in [0, 0.05) is 10.7 Å². The number of anilines is 1. The van der Waals surface area contributed by atoms with E-state index in [0.29, 0.717) is 5.69 Å². The summed E-state index contributed by atoms with van der Waals surface area (Å²) >= 11 is 3.30. The molecule has 2 N–H and O–H groups in total. The first kappa shape index (κ1) is 12.1. The molecule has 0 aliphatic rings. The Bertz CT molecular complexity index is 623. The van der Waals surface area contributed by atoms with Gasteiger partial charge in [0.2, 0.25) is 0 Å². The number of nitrogens with zero attached hydrogens (tertiary/aromatic N) is 1. The first-order chi connectivity index (χ1) is 7.99. The summed E-state index contributed by atoms with van der Waals surface area (Å²) in [5.41, 5.74) is 1.39. The summed E-state index contributed by atoms with van der Waals surface area (Å²) in [6.45, 7) is 1.83. The summed E-state index contributed by atoms with van der Waals surface area (Å²) in [5.74, 6) is 0. The molecule has 0 saturated carbocycles. The van der Waals surface area contributed by atoms with Crippen molar-refractivity contribution in [1.82, 2.24) is 10.2 Å². The van der Waals surface area contributed by atoms with Gasteiger partial charge in [0.05, 0.1) is 11.9 Å². The van der Waals surface area contributed by atoms with Gasteiger partial charge >= 0.3 is 0 Å². The van der Waals surface area contributed by atoms with Crippen molar-refractivity contribution in [2.24, 2.45) is 0 Å². The minimum absolute atomic E-state index is 0.108. The van der Waals surface area contributed by atoms with Crippen LogP contribution in [0.15, 0.2) is 40.0 Å². The van der Waals surface area contributed by atoms with Gasteiger partial charge in [-0.3, -0.25) is 9.82 Å². The highest BCUT2D eigenvalue weighted by Crippen LogP contribution is 2.23. The van der Waals surface area contributed by atoms with E-state index in [-0.39, 0.29) is 4.90 Å². The van der Waals surface area contributed by atoms with Crippen LogP contribution >= 0.6 is 15.9 Å². The van der Waals surface area contributed by atoms with Gasteiger partial charge < -0.3 is 0 Å². The number of hydrogen-bond acceptors (Lipinski definition) is 3. The molecular weight excluding hydrogens is 306 g/mol. The maximum Gasteiger partial charge on any atom is 0.265 e. The van der Waals surface area contributed by atoms with E-state index in [0.717, 1.165) is 10.0 Å². The van der Waals surface area contributed by atoms with Crippen LogP contribution < -0.4 is 4.72 Å². The minimum Gasteiger partial charge on any atom is -0.284 e. The van der Waals surface area contributed by atoms with Gasteiger partial charge in [-0.1, -0.05) is 22.0 Å². The molecule has 0 unspecified atom stereocenters. The third kappa shape index (κ3) is 2.67. The van der Waals surface area contributed by atoms with Gasteiger partial charge in [-0.05, 0) is 24.6 Å². The molecule has 2 aromatic rings.